The molecule has 1 heterocycles. The highest BCUT2D eigenvalue weighted by Crippen LogP contribution is 2.26. The summed E-state index contributed by atoms with van der Waals surface area (Å²) in [5, 5.41) is 6.09. The Balaban J connectivity index is 1.89. The second-order valence-electron chi connectivity index (χ2n) is 4.97. The van der Waals surface area contributed by atoms with Crippen molar-refractivity contribution in [1.82, 2.24) is 4.98 Å². The van der Waals surface area contributed by atoms with Crippen LogP contribution >= 0.6 is 11.3 Å². The normalized spacial score (nSPS) is 13.1. The number of benzene rings is 1. The molecule has 1 unspecified atom stereocenters. The zero-order valence-electron chi connectivity index (χ0n) is 11.7. The van der Waals surface area contributed by atoms with Gasteiger partial charge < -0.3 is 5.32 Å². The van der Waals surface area contributed by atoms with Crippen LogP contribution in [0.15, 0.2) is 35.8 Å². The molecule has 6 heteroatoms. The molecule has 0 aliphatic rings. The number of nitrogens with zero attached hydrogens (tertiary/aromatic N) is 1. The Labute approximate surface area is 126 Å². The van der Waals surface area contributed by atoms with Crippen molar-refractivity contribution < 1.29 is 13.2 Å². The van der Waals surface area contributed by atoms with E-state index >= 15 is 0 Å². The van der Waals surface area contributed by atoms with Crippen LogP contribution < -0.4 is 5.32 Å². The van der Waals surface area contributed by atoms with Crippen molar-refractivity contribution in [2.45, 2.75) is 38.4 Å². The van der Waals surface area contributed by atoms with Crippen LogP contribution in [-0.2, 0) is 0 Å². The molecule has 0 saturated heterocycles. The van der Waals surface area contributed by atoms with Crippen LogP contribution in [0.3, 0.4) is 0 Å². The van der Waals surface area contributed by atoms with Crippen molar-refractivity contribution in [3.05, 3.63) is 35.8 Å². The fourth-order valence-corrected chi connectivity index (χ4v) is 2.71. The first-order valence-electron chi connectivity index (χ1n) is 6.77. The molecule has 0 aliphatic carbocycles. The lowest BCUT2D eigenvalue weighted by molar-refractivity contribution is -0.135. The van der Waals surface area contributed by atoms with Crippen molar-refractivity contribution in [2.75, 3.05) is 5.32 Å². The van der Waals surface area contributed by atoms with Crippen molar-refractivity contribution in [3.8, 4) is 10.6 Å². The van der Waals surface area contributed by atoms with Crippen LogP contribution in [0.4, 0.5) is 18.9 Å². The summed E-state index contributed by atoms with van der Waals surface area (Å²) in [6.45, 7) is 1.90. The van der Waals surface area contributed by atoms with E-state index in [0.29, 0.717) is 6.42 Å². The zero-order chi connectivity index (χ0) is 15.3. The lowest BCUT2D eigenvalue weighted by Gasteiger charge is -2.16. The number of hydrogen-bond acceptors (Lipinski definition) is 3. The number of halogens is 3. The van der Waals surface area contributed by atoms with Gasteiger partial charge in [0.2, 0.25) is 0 Å². The molecule has 2 nitrogen and oxygen atoms in total. The topological polar surface area (TPSA) is 24.9 Å². The van der Waals surface area contributed by atoms with Crippen LogP contribution in [0.2, 0.25) is 0 Å². The zero-order valence-corrected chi connectivity index (χ0v) is 12.5. The number of thiazole rings is 1. The molecule has 2 rings (SSSR count). The van der Waals surface area contributed by atoms with E-state index in [2.05, 4.69) is 10.3 Å². The lowest BCUT2D eigenvalue weighted by atomic mass is 10.1. The van der Waals surface area contributed by atoms with Crippen LogP contribution in [0.1, 0.15) is 26.2 Å². The number of alkyl halides is 3. The van der Waals surface area contributed by atoms with Crippen molar-refractivity contribution >= 4 is 17.0 Å². The van der Waals surface area contributed by atoms with Gasteiger partial charge in [0, 0.05) is 35.3 Å². The van der Waals surface area contributed by atoms with Gasteiger partial charge in [0.1, 0.15) is 5.01 Å². The van der Waals surface area contributed by atoms with Crippen LogP contribution in [-0.4, -0.2) is 17.2 Å². The average Bonchev–Trinajstić information content (AvgIpc) is 2.91. The van der Waals surface area contributed by atoms with Crippen LogP contribution in [0.5, 0.6) is 0 Å². The Morgan fingerprint density at radius 2 is 2.14 bits per heavy atom. The van der Waals surface area contributed by atoms with Crippen molar-refractivity contribution in [2.24, 2.45) is 0 Å². The SMILES string of the molecule is CC(CCCC(F)(F)F)Nc1cccc(-c2nccs2)c1. The highest BCUT2D eigenvalue weighted by atomic mass is 32.1. The summed E-state index contributed by atoms with van der Waals surface area (Å²) in [5.41, 5.74) is 1.92. The third-order valence-corrected chi connectivity index (χ3v) is 3.87. The van der Waals surface area contributed by atoms with E-state index in [0.717, 1.165) is 16.3 Å². The third kappa shape index (κ3) is 5.38. The van der Waals surface area contributed by atoms with E-state index in [4.69, 9.17) is 0 Å². The van der Waals surface area contributed by atoms with E-state index in [-0.39, 0.29) is 12.5 Å². The summed E-state index contributed by atoms with van der Waals surface area (Å²) < 4.78 is 36.4. The summed E-state index contributed by atoms with van der Waals surface area (Å²) in [5.74, 6) is 0. The summed E-state index contributed by atoms with van der Waals surface area (Å²) in [4.78, 5) is 4.25. The van der Waals surface area contributed by atoms with Gasteiger partial charge in [0.05, 0.1) is 0 Å². The van der Waals surface area contributed by atoms with Gasteiger partial charge in [-0.05, 0) is 31.9 Å². The molecule has 1 aromatic heterocycles. The molecule has 0 spiro atoms. The van der Waals surface area contributed by atoms with Gasteiger partial charge in [-0.2, -0.15) is 13.2 Å². The molecule has 114 valence electrons. The van der Waals surface area contributed by atoms with E-state index in [1.807, 2.05) is 36.6 Å². The van der Waals surface area contributed by atoms with Gasteiger partial charge in [-0.15, -0.1) is 11.3 Å². The second kappa shape index (κ2) is 6.93. The average molecular weight is 314 g/mol. The number of anilines is 1. The maximum Gasteiger partial charge on any atom is 0.389 e. The van der Waals surface area contributed by atoms with Gasteiger partial charge in [-0.3, -0.25) is 0 Å². The van der Waals surface area contributed by atoms with E-state index < -0.39 is 12.6 Å². The Morgan fingerprint density at radius 1 is 1.33 bits per heavy atom. The van der Waals surface area contributed by atoms with Gasteiger partial charge in [0.25, 0.3) is 0 Å². The van der Waals surface area contributed by atoms with E-state index in [1.54, 1.807) is 17.5 Å². The Bertz CT molecular complexity index is 552. The maximum absolute atomic E-state index is 12.1. The molecule has 1 atom stereocenters. The van der Waals surface area contributed by atoms with Gasteiger partial charge in [-0.25, -0.2) is 4.98 Å². The first kappa shape index (κ1) is 15.8. The van der Waals surface area contributed by atoms with Gasteiger partial charge >= 0.3 is 6.18 Å². The smallest absolute Gasteiger partial charge is 0.383 e. The quantitative estimate of drug-likeness (QED) is 0.778. The highest BCUT2D eigenvalue weighted by molar-refractivity contribution is 7.13. The Morgan fingerprint density at radius 3 is 2.81 bits per heavy atom. The number of aromatic nitrogens is 1. The maximum atomic E-state index is 12.1. The lowest BCUT2D eigenvalue weighted by Crippen LogP contribution is -2.16. The molecule has 21 heavy (non-hydrogen) atoms. The van der Waals surface area contributed by atoms with Gasteiger partial charge in [-0.1, -0.05) is 12.1 Å². The molecule has 0 aliphatic heterocycles. The molecule has 1 aromatic carbocycles. The number of nitrogens with one attached hydrogen (secondary N) is 1. The van der Waals surface area contributed by atoms with Crippen molar-refractivity contribution in [1.29, 1.82) is 0 Å². The Hall–Kier alpha value is -1.56. The largest absolute Gasteiger partial charge is 0.389 e. The first-order valence-corrected chi connectivity index (χ1v) is 7.65. The number of rotatable bonds is 6. The standard InChI is InChI=1S/C15H17F3N2S/c1-11(4-3-7-15(16,17)18)20-13-6-2-5-12(10-13)14-19-8-9-21-14/h2,5-6,8-11,20H,3-4,7H2,1H3. The molecule has 1 N–H and O–H groups in total. The predicted molar refractivity (Wildman–Crippen MR) is 80.5 cm³/mol. The van der Waals surface area contributed by atoms with Crippen LogP contribution in [0.25, 0.3) is 10.6 Å². The number of hydrogen-bond donors (Lipinski definition) is 1. The monoisotopic (exact) mass is 314 g/mol. The molecule has 0 fully saturated rings. The van der Waals surface area contributed by atoms with E-state index in [1.165, 1.54) is 0 Å². The summed E-state index contributed by atoms with van der Waals surface area (Å²) in [6.07, 6.45) is -2.41. The highest BCUT2D eigenvalue weighted by Gasteiger charge is 2.26. The molecule has 0 radical (unpaired) electrons. The van der Waals surface area contributed by atoms with Crippen molar-refractivity contribution in [3.63, 3.8) is 0 Å². The molecule has 0 saturated carbocycles. The fourth-order valence-electron chi connectivity index (χ4n) is 2.07. The minimum absolute atomic E-state index is 0.00102. The van der Waals surface area contributed by atoms with Gasteiger partial charge in [0.15, 0.2) is 0 Å². The molecule has 0 bridgehead atoms. The first-order chi connectivity index (χ1) is 9.94. The van der Waals surface area contributed by atoms with E-state index in [9.17, 15) is 13.2 Å². The minimum atomic E-state index is -4.07. The fraction of sp³-hybridized carbons (Fsp3) is 0.400. The summed E-state index contributed by atoms with van der Waals surface area (Å²) >= 11 is 1.56. The third-order valence-electron chi connectivity index (χ3n) is 3.05. The molecular formula is C15H17F3N2S. The minimum Gasteiger partial charge on any atom is -0.383 e. The second-order valence-corrected chi connectivity index (χ2v) is 5.87. The predicted octanol–water partition coefficient (Wildman–Crippen LogP) is 5.34. The summed E-state index contributed by atoms with van der Waals surface area (Å²) in [6, 6.07) is 7.77. The molecule has 2 aromatic rings. The van der Waals surface area contributed by atoms with Crippen LogP contribution in [0, 0.1) is 0 Å². The molecular weight excluding hydrogens is 297 g/mol. The molecule has 0 amide bonds. The summed E-state index contributed by atoms with van der Waals surface area (Å²) in [7, 11) is 0. The Kier molecular flexibility index (Phi) is 5.22.